The van der Waals surface area contributed by atoms with E-state index < -0.39 is 17.7 Å². The van der Waals surface area contributed by atoms with Crippen molar-refractivity contribution in [3.63, 3.8) is 0 Å². The molecule has 2 aliphatic rings. The number of nitrogens with zero attached hydrogens (tertiary/aromatic N) is 4. The number of rotatable bonds is 7. The molecular weight excluding hydrogens is 478 g/mol. The van der Waals surface area contributed by atoms with Gasteiger partial charge in [-0.25, -0.2) is 0 Å². The van der Waals surface area contributed by atoms with Crippen LogP contribution >= 0.6 is 22.9 Å². The summed E-state index contributed by atoms with van der Waals surface area (Å²) in [5.41, 5.74) is -0.150. The zero-order valence-electron chi connectivity index (χ0n) is 19.2. The van der Waals surface area contributed by atoms with Crippen molar-refractivity contribution in [2.75, 3.05) is 13.1 Å². The summed E-state index contributed by atoms with van der Waals surface area (Å²) in [4.78, 5) is 41.3. The Morgan fingerprint density at radius 2 is 2.09 bits per heavy atom. The van der Waals surface area contributed by atoms with Crippen LogP contribution in [0.25, 0.3) is 15.7 Å². The number of carbonyl (C=O) groups is 2. The van der Waals surface area contributed by atoms with Gasteiger partial charge in [-0.05, 0) is 44.4 Å². The van der Waals surface area contributed by atoms with Gasteiger partial charge < -0.3 is 10.1 Å². The Kier molecular flexibility index (Phi) is 6.39. The van der Waals surface area contributed by atoms with E-state index in [1.165, 1.54) is 30.6 Å². The summed E-state index contributed by atoms with van der Waals surface area (Å²) in [5.74, 6) is -0.0398. The van der Waals surface area contributed by atoms with Crippen LogP contribution in [-0.4, -0.2) is 56.6 Å². The predicted molar refractivity (Wildman–Crippen MR) is 130 cm³/mol. The summed E-state index contributed by atoms with van der Waals surface area (Å²) in [6.07, 6.45) is 4.02. The molecule has 1 aliphatic heterocycles. The van der Waals surface area contributed by atoms with Crippen molar-refractivity contribution in [1.29, 1.82) is 0 Å². The van der Waals surface area contributed by atoms with Crippen LogP contribution in [0.15, 0.2) is 16.9 Å². The highest BCUT2D eigenvalue weighted by molar-refractivity contribution is 7.22. The Labute approximate surface area is 205 Å². The largest absolute Gasteiger partial charge is 0.432 e. The second-order valence-corrected chi connectivity index (χ2v) is 11.1. The molecule has 5 rings (SSSR count). The highest BCUT2D eigenvalue weighted by Crippen LogP contribution is 2.33. The summed E-state index contributed by atoms with van der Waals surface area (Å²) in [7, 11) is 0. The smallest absolute Gasteiger partial charge is 0.295 e. The van der Waals surface area contributed by atoms with Crippen LogP contribution in [0.1, 0.15) is 63.9 Å². The van der Waals surface area contributed by atoms with Gasteiger partial charge in [-0.15, -0.1) is 11.3 Å². The molecule has 0 spiro atoms. The van der Waals surface area contributed by atoms with E-state index in [0.717, 1.165) is 40.8 Å². The van der Waals surface area contributed by atoms with Crippen LogP contribution in [0, 0.1) is 0 Å². The van der Waals surface area contributed by atoms with Crippen molar-refractivity contribution < 1.29 is 14.3 Å². The maximum atomic E-state index is 13.4. The molecule has 1 aliphatic carbocycles. The van der Waals surface area contributed by atoms with Crippen LogP contribution < -0.4 is 10.9 Å². The molecule has 182 valence electrons. The lowest BCUT2D eigenvalue weighted by Crippen LogP contribution is -2.54. The monoisotopic (exact) mass is 505 g/mol. The van der Waals surface area contributed by atoms with E-state index in [-0.39, 0.29) is 18.4 Å². The molecule has 2 fully saturated rings. The Morgan fingerprint density at radius 1 is 1.29 bits per heavy atom. The average molecular weight is 506 g/mol. The number of carbonyl (C=O) groups excluding carboxylic acids is 2. The number of ether oxygens (including phenoxy) is 1. The molecule has 1 unspecified atom stereocenters. The van der Waals surface area contributed by atoms with Crippen LogP contribution in [0.2, 0.25) is 4.34 Å². The minimum absolute atomic E-state index is 0.0654. The van der Waals surface area contributed by atoms with E-state index in [1.807, 2.05) is 13.8 Å². The number of hydrogen-bond acceptors (Lipinski definition) is 7. The first-order valence-electron chi connectivity index (χ1n) is 11.7. The van der Waals surface area contributed by atoms with Gasteiger partial charge in [0.15, 0.2) is 0 Å². The van der Waals surface area contributed by atoms with Gasteiger partial charge in [0, 0.05) is 29.9 Å². The van der Waals surface area contributed by atoms with Crippen molar-refractivity contribution in [1.82, 2.24) is 24.4 Å². The molecule has 11 heteroatoms. The fourth-order valence-corrected chi connectivity index (χ4v) is 6.19. The SMILES string of the molecule is CC(C)c1nn([C@H](OC=O)C(=O)NC2CCCN(C3CCC3)C2)c(=O)c2cc3cc(Cl)sc3n12. The van der Waals surface area contributed by atoms with Gasteiger partial charge >= 0.3 is 0 Å². The number of likely N-dealkylation sites (tertiary alicyclic amines) is 1. The standard InChI is InChI=1S/C23H28ClN5O4S/c1-13(2)19-26-29(21(32)17-9-14-10-18(24)34-23(14)28(17)19)22(33-12-30)20(31)25-15-5-4-8-27(11-15)16-6-3-7-16/h9-10,12-13,15-16,22H,3-8,11H2,1-2H3,(H,25,31)/t15?,22-/m1/s1. The average Bonchev–Trinajstić information content (AvgIpc) is 3.28. The first-order chi connectivity index (χ1) is 16.4. The Hall–Kier alpha value is -2.43. The third kappa shape index (κ3) is 4.12. The molecule has 2 atom stereocenters. The highest BCUT2D eigenvalue weighted by Gasteiger charge is 2.33. The molecule has 3 aromatic rings. The molecule has 1 amide bonds. The summed E-state index contributed by atoms with van der Waals surface area (Å²) in [6, 6.07) is 4.06. The van der Waals surface area contributed by atoms with Crippen molar-refractivity contribution in [3.05, 3.63) is 32.6 Å². The van der Waals surface area contributed by atoms with E-state index in [0.29, 0.717) is 21.7 Å². The van der Waals surface area contributed by atoms with E-state index in [1.54, 1.807) is 16.5 Å². The molecule has 1 N–H and O–H groups in total. The first kappa shape index (κ1) is 23.3. The summed E-state index contributed by atoms with van der Waals surface area (Å²) < 4.78 is 8.53. The van der Waals surface area contributed by atoms with Gasteiger partial charge in [-0.2, -0.15) is 9.78 Å². The first-order valence-corrected chi connectivity index (χ1v) is 12.9. The maximum Gasteiger partial charge on any atom is 0.295 e. The summed E-state index contributed by atoms with van der Waals surface area (Å²) in [6.45, 7) is 5.89. The summed E-state index contributed by atoms with van der Waals surface area (Å²) >= 11 is 7.54. The molecule has 1 saturated heterocycles. The van der Waals surface area contributed by atoms with Gasteiger partial charge in [-0.3, -0.25) is 23.7 Å². The highest BCUT2D eigenvalue weighted by atomic mass is 35.5. The molecule has 3 aromatic heterocycles. The van der Waals surface area contributed by atoms with Crippen molar-refractivity contribution >= 4 is 51.1 Å². The molecule has 0 aromatic carbocycles. The van der Waals surface area contributed by atoms with Crippen LogP contribution in [0.3, 0.4) is 0 Å². The number of amides is 1. The lowest BCUT2D eigenvalue weighted by Gasteiger charge is -2.42. The quantitative estimate of drug-likeness (QED) is 0.495. The van der Waals surface area contributed by atoms with Gasteiger partial charge in [0.1, 0.15) is 16.2 Å². The zero-order valence-corrected chi connectivity index (χ0v) is 20.8. The number of hydrogen-bond donors (Lipinski definition) is 1. The number of halogens is 1. The predicted octanol–water partition coefficient (Wildman–Crippen LogP) is 3.29. The van der Waals surface area contributed by atoms with Gasteiger partial charge in [0.05, 0.1) is 4.34 Å². The third-order valence-corrected chi connectivity index (χ3v) is 8.12. The fraction of sp³-hybridized carbons (Fsp3) is 0.565. The number of aromatic nitrogens is 3. The van der Waals surface area contributed by atoms with Crippen LogP contribution in [0.5, 0.6) is 0 Å². The fourth-order valence-electron chi connectivity index (χ4n) is 4.96. The van der Waals surface area contributed by atoms with Crippen molar-refractivity contribution in [3.8, 4) is 0 Å². The molecule has 0 bridgehead atoms. The molecular formula is C23H28ClN5O4S. The maximum absolute atomic E-state index is 13.4. The number of piperidine rings is 1. The Balaban J connectivity index is 1.49. The number of nitrogens with one attached hydrogen (secondary N) is 1. The van der Waals surface area contributed by atoms with Crippen molar-refractivity contribution in [2.45, 2.75) is 70.2 Å². The molecule has 4 heterocycles. The van der Waals surface area contributed by atoms with Crippen molar-refractivity contribution in [2.24, 2.45) is 0 Å². The van der Waals surface area contributed by atoms with Crippen LogP contribution in [0.4, 0.5) is 0 Å². The molecule has 9 nitrogen and oxygen atoms in total. The van der Waals surface area contributed by atoms with Gasteiger partial charge in [0.25, 0.3) is 24.2 Å². The molecule has 1 saturated carbocycles. The lowest BCUT2D eigenvalue weighted by atomic mass is 9.89. The normalized spacial score (nSPS) is 20.5. The van der Waals surface area contributed by atoms with Crippen LogP contribution in [-0.2, 0) is 14.3 Å². The topological polar surface area (TPSA) is 97.9 Å². The lowest BCUT2D eigenvalue weighted by molar-refractivity contribution is -0.153. The minimum atomic E-state index is -1.48. The van der Waals surface area contributed by atoms with Gasteiger partial charge in [-0.1, -0.05) is 31.9 Å². The third-order valence-electron chi connectivity index (χ3n) is 6.85. The Morgan fingerprint density at radius 3 is 2.76 bits per heavy atom. The van der Waals surface area contributed by atoms with E-state index in [9.17, 15) is 14.4 Å². The second-order valence-electron chi connectivity index (χ2n) is 9.45. The van der Waals surface area contributed by atoms with E-state index in [2.05, 4.69) is 15.3 Å². The second kappa shape index (κ2) is 9.31. The molecule has 34 heavy (non-hydrogen) atoms. The minimum Gasteiger partial charge on any atom is -0.432 e. The van der Waals surface area contributed by atoms with Gasteiger partial charge in [0.2, 0.25) is 0 Å². The van der Waals surface area contributed by atoms with E-state index >= 15 is 0 Å². The number of thiophene rings is 1. The Bertz CT molecular complexity index is 1290. The van der Waals surface area contributed by atoms with E-state index in [4.69, 9.17) is 16.3 Å². The zero-order chi connectivity index (χ0) is 24.0. The number of fused-ring (bicyclic) bond motifs is 3. The molecule has 0 radical (unpaired) electrons. The summed E-state index contributed by atoms with van der Waals surface area (Å²) in [5, 5.41) is 8.33.